The van der Waals surface area contributed by atoms with Gasteiger partial charge in [0.25, 0.3) is 0 Å². The van der Waals surface area contributed by atoms with Gasteiger partial charge in [0, 0.05) is 0 Å². The third kappa shape index (κ3) is 10.5. The van der Waals surface area contributed by atoms with E-state index < -0.39 is 6.00 Å². The highest BCUT2D eigenvalue weighted by molar-refractivity contribution is 7.66. The van der Waals surface area contributed by atoms with Crippen LogP contribution in [-0.2, 0) is 0 Å². The third-order valence-corrected chi connectivity index (χ3v) is 4.58. The molecule has 0 aromatic rings. The Morgan fingerprint density at radius 2 is 1.44 bits per heavy atom. The first-order chi connectivity index (χ1) is 8.40. The lowest BCUT2D eigenvalue weighted by Crippen LogP contribution is -2.07. The zero-order valence-corrected chi connectivity index (χ0v) is 14.8. The van der Waals surface area contributed by atoms with Crippen LogP contribution in [0, 0.1) is 0 Å². The number of allylic oxidation sites excluding steroid dienone is 2. The van der Waals surface area contributed by atoms with Crippen molar-refractivity contribution in [3.8, 4) is 0 Å². The molecule has 0 aliphatic heterocycles. The summed E-state index contributed by atoms with van der Waals surface area (Å²) in [6.07, 6.45) is 9.27. The molecule has 0 bridgehead atoms. The van der Waals surface area contributed by atoms with Crippen molar-refractivity contribution in [2.75, 3.05) is 0 Å². The second-order valence-electron chi connectivity index (χ2n) is 4.73. The Morgan fingerprint density at radius 1 is 0.944 bits per heavy atom. The largest absolute Gasteiger partial charge is 0.366 e. The molecule has 0 aromatic carbocycles. The summed E-state index contributed by atoms with van der Waals surface area (Å²) in [6, 6.07) is -2.70. The standard InChI is InChI=1S/C14H25Cl3Si/c1-4-6-8-10-13(3)14(11-9-7-5-2)12-18(15,16)17/h12H,3-11H2,1-2H3/b14-12-. The molecule has 0 radical (unpaired) electrons. The summed E-state index contributed by atoms with van der Waals surface area (Å²) in [4.78, 5) is 0. The van der Waals surface area contributed by atoms with Gasteiger partial charge in [0.2, 0.25) is 0 Å². The molecule has 0 aromatic heterocycles. The first-order valence-corrected chi connectivity index (χ1v) is 12.0. The minimum absolute atomic E-state index is 1.000. The fraction of sp³-hybridized carbons (Fsp3) is 0.714. The Bertz CT molecular complexity index is 267. The molecule has 0 rings (SSSR count). The number of halogens is 3. The van der Waals surface area contributed by atoms with E-state index in [0.717, 1.165) is 19.3 Å². The normalized spacial score (nSPS) is 12.8. The van der Waals surface area contributed by atoms with Crippen molar-refractivity contribution in [2.45, 2.75) is 65.2 Å². The molecule has 106 valence electrons. The second kappa shape index (κ2) is 10.4. The summed E-state index contributed by atoms with van der Waals surface area (Å²) in [5, 5.41) is 0. The maximum Gasteiger partial charge on any atom is 0.366 e. The van der Waals surface area contributed by atoms with E-state index in [1.165, 1.54) is 43.3 Å². The van der Waals surface area contributed by atoms with Crippen LogP contribution in [0.3, 0.4) is 0 Å². The molecule has 0 N–H and O–H groups in total. The van der Waals surface area contributed by atoms with Crippen LogP contribution in [0.4, 0.5) is 0 Å². The Morgan fingerprint density at radius 3 is 1.89 bits per heavy atom. The second-order valence-corrected chi connectivity index (χ2v) is 13.2. The van der Waals surface area contributed by atoms with Crippen molar-refractivity contribution in [2.24, 2.45) is 0 Å². The van der Waals surface area contributed by atoms with Gasteiger partial charge in [0.05, 0.1) is 0 Å². The summed E-state index contributed by atoms with van der Waals surface area (Å²) >= 11 is 18.0. The van der Waals surface area contributed by atoms with Crippen LogP contribution < -0.4 is 0 Å². The minimum Gasteiger partial charge on any atom is -0.121 e. The molecule has 0 aliphatic carbocycles. The smallest absolute Gasteiger partial charge is 0.121 e. The van der Waals surface area contributed by atoms with Gasteiger partial charge in [-0.05, 0) is 37.0 Å². The van der Waals surface area contributed by atoms with E-state index in [1.807, 2.05) is 5.70 Å². The lowest BCUT2D eigenvalue weighted by atomic mass is 9.98. The monoisotopic (exact) mass is 326 g/mol. The molecule has 0 atom stereocenters. The molecule has 0 unspecified atom stereocenters. The molecule has 0 aliphatic rings. The Hall–Kier alpha value is 0.567. The van der Waals surface area contributed by atoms with Gasteiger partial charge in [-0.25, -0.2) is 0 Å². The molecule has 0 nitrogen and oxygen atoms in total. The molecule has 0 saturated heterocycles. The highest BCUT2D eigenvalue weighted by Crippen LogP contribution is 2.29. The van der Waals surface area contributed by atoms with Crippen molar-refractivity contribution in [3.05, 3.63) is 23.4 Å². The Kier molecular flexibility index (Phi) is 10.7. The maximum absolute atomic E-state index is 6.00. The quantitative estimate of drug-likeness (QED) is 0.179. The molecular formula is C14H25Cl3Si. The fourth-order valence-electron chi connectivity index (χ4n) is 1.86. The van der Waals surface area contributed by atoms with Gasteiger partial charge in [0.15, 0.2) is 0 Å². The summed E-state index contributed by atoms with van der Waals surface area (Å²) in [7, 11) is 0. The van der Waals surface area contributed by atoms with Gasteiger partial charge in [-0.1, -0.05) is 51.7 Å². The van der Waals surface area contributed by atoms with Crippen LogP contribution in [0.15, 0.2) is 23.4 Å². The van der Waals surface area contributed by atoms with Gasteiger partial charge >= 0.3 is 6.00 Å². The summed E-state index contributed by atoms with van der Waals surface area (Å²) in [5.41, 5.74) is 4.23. The van der Waals surface area contributed by atoms with Gasteiger partial charge in [-0.15, -0.1) is 33.2 Å². The van der Waals surface area contributed by atoms with Crippen molar-refractivity contribution in [1.82, 2.24) is 0 Å². The lowest BCUT2D eigenvalue weighted by molar-refractivity contribution is 0.691. The maximum atomic E-state index is 6.00. The molecule has 0 heterocycles. The molecular weight excluding hydrogens is 303 g/mol. The number of hydrogen-bond donors (Lipinski definition) is 0. The first kappa shape index (κ1) is 18.6. The number of rotatable bonds is 10. The lowest BCUT2D eigenvalue weighted by Gasteiger charge is -2.13. The number of unbranched alkanes of at least 4 members (excludes halogenated alkanes) is 4. The third-order valence-electron chi connectivity index (χ3n) is 2.92. The Labute approximate surface area is 128 Å². The van der Waals surface area contributed by atoms with Crippen molar-refractivity contribution < 1.29 is 0 Å². The van der Waals surface area contributed by atoms with Crippen molar-refractivity contribution in [1.29, 1.82) is 0 Å². The highest BCUT2D eigenvalue weighted by atomic mass is 35.8. The van der Waals surface area contributed by atoms with E-state index in [-0.39, 0.29) is 0 Å². The van der Waals surface area contributed by atoms with E-state index >= 15 is 0 Å². The predicted molar refractivity (Wildman–Crippen MR) is 88.8 cm³/mol. The fourth-order valence-corrected chi connectivity index (χ4v) is 3.79. The van der Waals surface area contributed by atoms with Crippen LogP contribution in [0.5, 0.6) is 0 Å². The van der Waals surface area contributed by atoms with Crippen molar-refractivity contribution in [3.63, 3.8) is 0 Å². The molecule has 0 fully saturated rings. The zero-order valence-electron chi connectivity index (χ0n) is 11.6. The SMILES string of the molecule is C=C(CCCCC)/C(=C\[Si](Cl)(Cl)Cl)CCCCC. The van der Waals surface area contributed by atoms with Crippen LogP contribution in [0.1, 0.15) is 65.2 Å². The molecule has 0 saturated carbocycles. The average Bonchev–Trinajstić information content (AvgIpc) is 2.26. The topological polar surface area (TPSA) is 0 Å². The first-order valence-electron chi connectivity index (χ1n) is 6.87. The molecule has 18 heavy (non-hydrogen) atoms. The zero-order chi connectivity index (χ0) is 14.0. The van der Waals surface area contributed by atoms with Crippen LogP contribution in [0.25, 0.3) is 0 Å². The van der Waals surface area contributed by atoms with E-state index in [9.17, 15) is 0 Å². The van der Waals surface area contributed by atoms with E-state index in [1.54, 1.807) is 0 Å². The van der Waals surface area contributed by atoms with E-state index in [4.69, 9.17) is 33.2 Å². The van der Waals surface area contributed by atoms with Gasteiger partial charge in [0.1, 0.15) is 0 Å². The van der Waals surface area contributed by atoms with Gasteiger partial charge < -0.3 is 0 Å². The average molecular weight is 328 g/mol. The van der Waals surface area contributed by atoms with Gasteiger partial charge in [-0.3, -0.25) is 0 Å². The summed E-state index contributed by atoms with van der Waals surface area (Å²) in [5.74, 6) is 0. The minimum atomic E-state index is -2.70. The van der Waals surface area contributed by atoms with Crippen LogP contribution in [-0.4, -0.2) is 6.00 Å². The number of hydrogen-bond acceptors (Lipinski definition) is 0. The summed E-state index contributed by atoms with van der Waals surface area (Å²) < 4.78 is 0. The van der Waals surface area contributed by atoms with Crippen molar-refractivity contribution >= 4 is 39.2 Å². The molecule has 4 heteroatoms. The summed E-state index contributed by atoms with van der Waals surface area (Å²) in [6.45, 7) is 8.57. The molecule has 0 spiro atoms. The predicted octanol–water partition coefficient (Wildman–Crippen LogP) is 6.82. The Balaban J connectivity index is 4.45. The van der Waals surface area contributed by atoms with E-state index in [0.29, 0.717) is 0 Å². The highest BCUT2D eigenvalue weighted by Gasteiger charge is 2.22. The molecule has 0 amide bonds. The van der Waals surface area contributed by atoms with E-state index in [2.05, 4.69) is 20.4 Å². The van der Waals surface area contributed by atoms with Crippen LogP contribution in [0.2, 0.25) is 0 Å². The van der Waals surface area contributed by atoms with Crippen LogP contribution >= 0.6 is 33.2 Å². The van der Waals surface area contributed by atoms with Gasteiger partial charge in [-0.2, -0.15) is 0 Å².